The SMILES string of the molecule is CC(C)(Oc1ccc(Cl)cc1Cl)C(=O)N[C@H]1C[C@H]2CC[C@@H](C1)N2c1ccc(NC(=O)NCC(F)(F)F)cn1. The number of carbonyl (C=O) groups excluding carboxylic acids is 2. The Hall–Kier alpha value is -2.92. The van der Waals surface area contributed by atoms with Gasteiger partial charge in [-0.1, -0.05) is 23.2 Å². The second-order valence-electron chi connectivity index (χ2n) is 9.95. The molecule has 0 aliphatic carbocycles. The first-order valence-corrected chi connectivity index (χ1v) is 12.9. The van der Waals surface area contributed by atoms with Crippen molar-refractivity contribution in [3.05, 3.63) is 46.6 Å². The second-order valence-corrected chi connectivity index (χ2v) is 10.8. The van der Waals surface area contributed by atoms with Crippen molar-refractivity contribution in [3.8, 4) is 5.75 Å². The van der Waals surface area contributed by atoms with E-state index in [1.165, 1.54) is 6.20 Å². The van der Waals surface area contributed by atoms with Gasteiger partial charge in [0.15, 0.2) is 5.60 Å². The van der Waals surface area contributed by atoms with Gasteiger partial charge in [0.1, 0.15) is 18.1 Å². The molecule has 1 aromatic heterocycles. The van der Waals surface area contributed by atoms with Crippen molar-refractivity contribution in [1.82, 2.24) is 15.6 Å². The summed E-state index contributed by atoms with van der Waals surface area (Å²) >= 11 is 12.1. The summed E-state index contributed by atoms with van der Waals surface area (Å²) in [5.74, 6) is 0.830. The molecule has 1 aromatic carbocycles. The van der Waals surface area contributed by atoms with E-state index in [0.717, 1.165) is 25.7 Å². The van der Waals surface area contributed by atoms with Crippen LogP contribution >= 0.6 is 23.2 Å². The molecule has 0 unspecified atom stereocenters. The molecule has 3 atom stereocenters. The highest BCUT2D eigenvalue weighted by Crippen LogP contribution is 2.39. The van der Waals surface area contributed by atoms with E-state index >= 15 is 0 Å². The number of ether oxygens (including phenoxy) is 1. The second kappa shape index (κ2) is 11.1. The molecular formula is C25H28Cl2F3N5O3. The maximum atomic E-state index is 13.1. The van der Waals surface area contributed by atoms with Crippen molar-refractivity contribution in [2.24, 2.45) is 0 Å². The number of urea groups is 1. The number of alkyl halides is 3. The lowest BCUT2D eigenvalue weighted by Gasteiger charge is -2.40. The van der Waals surface area contributed by atoms with Gasteiger partial charge in [0.05, 0.1) is 16.9 Å². The predicted octanol–water partition coefficient (Wildman–Crippen LogP) is 5.55. The summed E-state index contributed by atoms with van der Waals surface area (Å²) in [6.45, 7) is 1.94. The third-order valence-corrected chi connectivity index (χ3v) is 7.12. The Balaban J connectivity index is 1.33. The number of nitrogens with zero attached hydrogens (tertiary/aromatic N) is 2. The van der Waals surface area contributed by atoms with Gasteiger partial charge in [-0.3, -0.25) is 4.79 Å². The molecule has 4 rings (SSSR count). The fourth-order valence-electron chi connectivity index (χ4n) is 4.88. The van der Waals surface area contributed by atoms with Crippen LogP contribution in [-0.4, -0.2) is 53.4 Å². The highest BCUT2D eigenvalue weighted by molar-refractivity contribution is 6.35. The first-order valence-electron chi connectivity index (χ1n) is 12.1. The summed E-state index contributed by atoms with van der Waals surface area (Å²) in [6, 6.07) is 7.48. The van der Waals surface area contributed by atoms with Crippen LogP contribution in [0.3, 0.4) is 0 Å². The summed E-state index contributed by atoms with van der Waals surface area (Å²) in [5.41, 5.74) is -0.879. The molecule has 2 aliphatic heterocycles. The molecular weight excluding hydrogens is 546 g/mol. The number of piperidine rings is 1. The molecule has 38 heavy (non-hydrogen) atoms. The van der Waals surface area contributed by atoms with E-state index in [9.17, 15) is 22.8 Å². The molecule has 3 heterocycles. The quantitative estimate of drug-likeness (QED) is 0.404. The van der Waals surface area contributed by atoms with Crippen LogP contribution in [0.15, 0.2) is 36.5 Å². The molecule has 2 aromatic rings. The van der Waals surface area contributed by atoms with E-state index in [1.807, 2.05) is 0 Å². The summed E-state index contributed by atoms with van der Waals surface area (Å²) in [5, 5.41) is 8.01. The highest BCUT2D eigenvalue weighted by atomic mass is 35.5. The Kier molecular flexibility index (Phi) is 8.17. The zero-order valence-electron chi connectivity index (χ0n) is 20.7. The Bertz CT molecular complexity index is 1170. The van der Waals surface area contributed by atoms with Gasteiger partial charge in [0.2, 0.25) is 0 Å². The largest absolute Gasteiger partial charge is 0.476 e. The molecule has 2 saturated heterocycles. The van der Waals surface area contributed by atoms with Crippen molar-refractivity contribution in [1.29, 1.82) is 0 Å². The van der Waals surface area contributed by atoms with Gasteiger partial charge in [-0.25, -0.2) is 9.78 Å². The molecule has 13 heteroatoms. The zero-order valence-corrected chi connectivity index (χ0v) is 22.3. The standard InChI is InChI=1S/C25H28Cl2F3N5O3/c1-24(2,38-20-7-3-14(26)9-19(20)27)22(36)33-16-10-17-5-6-18(11-16)35(17)21-8-4-15(12-31-21)34-23(37)32-13-25(28,29)30/h3-4,7-9,12,16-18H,5-6,10-11,13H2,1-2H3,(H,33,36)(H2,32,34,37)/t16-,17+,18-. The lowest BCUT2D eigenvalue weighted by Crippen LogP contribution is -2.55. The number of benzene rings is 1. The summed E-state index contributed by atoms with van der Waals surface area (Å²) in [7, 11) is 0. The maximum Gasteiger partial charge on any atom is 0.405 e. The van der Waals surface area contributed by atoms with Crippen LogP contribution < -0.4 is 25.6 Å². The number of halogens is 5. The zero-order chi connectivity index (χ0) is 27.7. The number of fused-ring (bicyclic) bond motifs is 2. The predicted molar refractivity (Wildman–Crippen MR) is 139 cm³/mol. The third kappa shape index (κ3) is 6.93. The normalized spacial score (nSPS) is 21.1. The van der Waals surface area contributed by atoms with Crippen molar-refractivity contribution in [2.45, 2.75) is 69.4 Å². The van der Waals surface area contributed by atoms with Crippen LogP contribution in [0.2, 0.25) is 10.0 Å². The number of hydrogen-bond acceptors (Lipinski definition) is 5. The van der Waals surface area contributed by atoms with Gasteiger partial charge in [0, 0.05) is 23.1 Å². The number of aromatic nitrogens is 1. The molecule has 0 saturated carbocycles. The Labute approximate surface area is 228 Å². The van der Waals surface area contributed by atoms with Gasteiger partial charge in [-0.05, 0) is 69.9 Å². The molecule has 3 amide bonds. The number of hydrogen-bond donors (Lipinski definition) is 3. The number of rotatable bonds is 7. The first-order chi connectivity index (χ1) is 17.8. The van der Waals surface area contributed by atoms with Gasteiger partial charge in [-0.15, -0.1) is 0 Å². The summed E-state index contributed by atoms with van der Waals surface area (Å²) in [4.78, 5) is 31.4. The number of carbonyl (C=O) groups is 2. The van der Waals surface area contributed by atoms with Crippen molar-refractivity contribution >= 4 is 46.6 Å². The monoisotopic (exact) mass is 573 g/mol. The van der Waals surface area contributed by atoms with Gasteiger partial charge < -0.3 is 25.6 Å². The Morgan fingerprint density at radius 1 is 1.11 bits per heavy atom. The fraction of sp³-hybridized carbons (Fsp3) is 0.480. The molecule has 3 N–H and O–H groups in total. The van der Waals surface area contributed by atoms with Crippen molar-refractivity contribution < 1.29 is 27.5 Å². The van der Waals surface area contributed by atoms with E-state index in [2.05, 4.69) is 20.5 Å². The Morgan fingerprint density at radius 2 is 1.79 bits per heavy atom. The molecule has 0 spiro atoms. The van der Waals surface area contributed by atoms with Crippen molar-refractivity contribution in [3.63, 3.8) is 0 Å². The Morgan fingerprint density at radius 3 is 2.37 bits per heavy atom. The highest BCUT2D eigenvalue weighted by Gasteiger charge is 2.43. The van der Waals surface area contributed by atoms with Crippen LogP contribution in [0.4, 0.5) is 29.5 Å². The molecule has 206 valence electrons. The average molecular weight is 574 g/mol. The number of amides is 3. The van der Waals surface area contributed by atoms with Gasteiger partial charge >= 0.3 is 12.2 Å². The molecule has 8 nitrogen and oxygen atoms in total. The number of nitrogens with one attached hydrogen (secondary N) is 3. The first kappa shape index (κ1) is 28.1. The third-order valence-electron chi connectivity index (χ3n) is 6.59. The van der Waals surface area contributed by atoms with E-state index in [1.54, 1.807) is 49.5 Å². The van der Waals surface area contributed by atoms with Gasteiger partial charge in [-0.2, -0.15) is 13.2 Å². The summed E-state index contributed by atoms with van der Waals surface area (Å²) in [6.07, 6.45) is 0.260. The minimum absolute atomic E-state index is 0.0434. The van der Waals surface area contributed by atoms with E-state index in [4.69, 9.17) is 27.9 Å². The van der Waals surface area contributed by atoms with Crippen LogP contribution in [0.1, 0.15) is 39.5 Å². The fourth-order valence-corrected chi connectivity index (χ4v) is 5.32. The van der Waals surface area contributed by atoms with E-state index in [0.29, 0.717) is 21.6 Å². The number of pyridine rings is 1. The molecule has 2 aliphatic rings. The molecule has 0 radical (unpaired) electrons. The van der Waals surface area contributed by atoms with Crippen LogP contribution in [0, 0.1) is 0 Å². The number of anilines is 2. The summed E-state index contributed by atoms with van der Waals surface area (Å²) < 4.78 is 42.7. The van der Waals surface area contributed by atoms with Crippen molar-refractivity contribution in [2.75, 3.05) is 16.8 Å². The van der Waals surface area contributed by atoms with Gasteiger partial charge in [0.25, 0.3) is 5.91 Å². The minimum Gasteiger partial charge on any atom is -0.476 e. The van der Waals surface area contributed by atoms with Crippen LogP contribution in [0.25, 0.3) is 0 Å². The van der Waals surface area contributed by atoms with E-state index < -0.39 is 24.4 Å². The average Bonchev–Trinajstić information content (AvgIpc) is 3.09. The minimum atomic E-state index is -4.49. The lowest BCUT2D eigenvalue weighted by molar-refractivity contribution is -0.135. The molecule has 2 fully saturated rings. The van der Waals surface area contributed by atoms with Crippen LogP contribution in [0.5, 0.6) is 5.75 Å². The molecule has 2 bridgehead atoms. The maximum absolute atomic E-state index is 13.1. The lowest BCUT2D eigenvalue weighted by atomic mass is 9.96. The smallest absolute Gasteiger partial charge is 0.405 e. The van der Waals surface area contributed by atoms with Crippen LogP contribution in [-0.2, 0) is 4.79 Å². The topological polar surface area (TPSA) is 95.6 Å². The van der Waals surface area contributed by atoms with E-state index in [-0.39, 0.29) is 29.7 Å².